The topological polar surface area (TPSA) is 136 Å². The third-order valence-corrected chi connectivity index (χ3v) is 7.07. The van der Waals surface area contributed by atoms with E-state index < -0.39 is 30.0 Å². The molecule has 0 atom stereocenters. The molecular weight excluding hydrogens is 512 g/mol. The van der Waals surface area contributed by atoms with Crippen LogP contribution in [0.2, 0.25) is 0 Å². The first-order valence-corrected chi connectivity index (χ1v) is 12.7. The predicted octanol–water partition coefficient (Wildman–Crippen LogP) is -3.14. The third-order valence-electron chi connectivity index (χ3n) is 5.27. The van der Waals surface area contributed by atoms with Crippen molar-refractivity contribution in [1.29, 1.82) is 0 Å². The minimum Gasteiger partial charge on any atom is -0.744 e. The zero-order valence-electron chi connectivity index (χ0n) is 19.2. The zero-order chi connectivity index (χ0) is 23.6. The second kappa shape index (κ2) is 12.5. The van der Waals surface area contributed by atoms with E-state index in [0.717, 1.165) is 36.3 Å². The number of hydrogen-bond donors (Lipinski definition) is 1. The fourth-order valence-corrected chi connectivity index (χ4v) is 5.04. The van der Waals surface area contributed by atoms with Crippen LogP contribution < -0.4 is 69.2 Å². The van der Waals surface area contributed by atoms with Crippen molar-refractivity contribution in [3.05, 3.63) is 88.5 Å². The van der Waals surface area contributed by atoms with E-state index in [4.69, 9.17) is 4.74 Å². The maximum Gasteiger partial charge on any atom is 1.00 e. The smallest absolute Gasteiger partial charge is 0.744 e. The molecule has 0 amide bonds. The van der Waals surface area contributed by atoms with E-state index in [9.17, 15) is 25.9 Å². The van der Waals surface area contributed by atoms with Crippen LogP contribution in [0.4, 0.5) is 0 Å². The monoisotopic (exact) mass is 531 g/mol. The minimum absolute atomic E-state index is 0. The van der Waals surface area contributed by atoms with Crippen LogP contribution in [0.5, 0.6) is 5.75 Å². The molecule has 0 saturated carbocycles. The van der Waals surface area contributed by atoms with Crippen LogP contribution in [-0.2, 0) is 39.9 Å². The minimum atomic E-state index is -4.86. The average Bonchev–Trinajstić information content (AvgIpc) is 3.25. The van der Waals surface area contributed by atoms with Crippen molar-refractivity contribution in [2.75, 3.05) is 0 Å². The number of nitrogens with one attached hydrogen (secondary N) is 1. The van der Waals surface area contributed by atoms with Crippen LogP contribution >= 0.6 is 0 Å². The maximum absolute atomic E-state index is 11.9. The Morgan fingerprint density at radius 1 is 0.800 bits per heavy atom. The fourth-order valence-electron chi connectivity index (χ4n) is 3.68. The molecule has 35 heavy (non-hydrogen) atoms. The van der Waals surface area contributed by atoms with Crippen LogP contribution in [-0.4, -0.2) is 25.9 Å². The Balaban J connectivity index is 0.00000216. The van der Waals surface area contributed by atoms with Crippen LogP contribution in [0, 0.1) is 0 Å². The molecular formula is C23H19NNa2O7S2. The fraction of sp³-hybridized carbons (Fsp3) is 0.130. The standard InChI is InChI=1S/C23H21NO7S2.2Na/c25-32(26,27)22-7-2-1-4-16(22)8-9-17-10-11-20(12-23(17)33(28,29)30)31-15-19-6-3-5-18-13-24-14-21(18)19;;/h1-12,24H,13-15H2,(H,25,26,27)(H,28,29,30);;/q;2*+1/p-2. The van der Waals surface area contributed by atoms with Gasteiger partial charge in [-0.2, -0.15) is 0 Å². The summed E-state index contributed by atoms with van der Waals surface area (Å²) in [6.45, 7) is 1.70. The van der Waals surface area contributed by atoms with Gasteiger partial charge in [-0.15, -0.1) is 0 Å². The van der Waals surface area contributed by atoms with Gasteiger partial charge in [0, 0.05) is 13.1 Å². The van der Waals surface area contributed by atoms with Gasteiger partial charge < -0.3 is 19.2 Å². The summed E-state index contributed by atoms with van der Waals surface area (Å²) in [5.41, 5.74) is 3.40. The Morgan fingerprint density at radius 2 is 1.46 bits per heavy atom. The molecule has 1 aliphatic heterocycles. The van der Waals surface area contributed by atoms with Crippen molar-refractivity contribution in [3.63, 3.8) is 0 Å². The molecule has 1 heterocycles. The van der Waals surface area contributed by atoms with Gasteiger partial charge >= 0.3 is 59.1 Å². The second-order valence-corrected chi connectivity index (χ2v) is 10.1. The van der Waals surface area contributed by atoms with E-state index in [2.05, 4.69) is 5.32 Å². The van der Waals surface area contributed by atoms with E-state index in [-0.39, 0.29) is 82.6 Å². The van der Waals surface area contributed by atoms with Crippen LogP contribution in [0.15, 0.2) is 70.5 Å². The van der Waals surface area contributed by atoms with E-state index >= 15 is 0 Å². The molecule has 0 radical (unpaired) electrons. The van der Waals surface area contributed by atoms with Gasteiger partial charge in [0.05, 0.1) is 9.79 Å². The van der Waals surface area contributed by atoms with E-state index in [1.807, 2.05) is 18.2 Å². The molecule has 0 unspecified atom stereocenters. The van der Waals surface area contributed by atoms with Crippen molar-refractivity contribution in [2.45, 2.75) is 29.5 Å². The summed E-state index contributed by atoms with van der Waals surface area (Å²) in [6.07, 6.45) is 2.55. The Morgan fingerprint density at radius 3 is 2.14 bits per heavy atom. The SMILES string of the molecule is O=S(=O)([O-])c1ccccc1C=Cc1ccc(OCc2cccc3c2CNC3)cc1S(=O)(=O)[O-].[Na+].[Na+]. The van der Waals surface area contributed by atoms with Crippen molar-refractivity contribution < 1.29 is 89.8 Å². The van der Waals surface area contributed by atoms with Crippen LogP contribution in [0.1, 0.15) is 27.8 Å². The first-order valence-electron chi connectivity index (χ1n) is 9.89. The molecule has 0 fully saturated rings. The largest absolute Gasteiger partial charge is 1.00 e. The molecule has 0 saturated heterocycles. The first kappa shape index (κ1) is 30.2. The van der Waals surface area contributed by atoms with Gasteiger partial charge in [0.25, 0.3) is 0 Å². The molecule has 4 rings (SSSR count). The third kappa shape index (κ3) is 7.50. The van der Waals surface area contributed by atoms with Gasteiger partial charge in [-0.05, 0) is 46.0 Å². The molecule has 3 aromatic carbocycles. The summed E-state index contributed by atoms with van der Waals surface area (Å²) >= 11 is 0. The Kier molecular flexibility index (Phi) is 10.8. The van der Waals surface area contributed by atoms with E-state index in [1.165, 1.54) is 48.0 Å². The van der Waals surface area contributed by atoms with Gasteiger partial charge in [0.2, 0.25) is 0 Å². The number of rotatable bonds is 7. The van der Waals surface area contributed by atoms with Crippen molar-refractivity contribution in [1.82, 2.24) is 5.32 Å². The molecule has 0 aliphatic carbocycles. The molecule has 172 valence electrons. The normalized spacial score (nSPS) is 13.1. The molecule has 0 spiro atoms. The summed E-state index contributed by atoms with van der Waals surface area (Å²) in [5.74, 6) is 0.202. The summed E-state index contributed by atoms with van der Waals surface area (Å²) in [7, 11) is -9.59. The van der Waals surface area contributed by atoms with Gasteiger partial charge in [0.1, 0.15) is 32.6 Å². The van der Waals surface area contributed by atoms with Crippen LogP contribution in [0.3, 0.4) is 0 Å². The molecule has 0 bridgehead atoms. The Bertz CT molecular complexity index is 1460. The van der Waals surface area contributed by atoms with Gasteiger partial charge in [-0.25, -0.2) is 16.8 Å². The second-order valence-electron chi connectivity index (χ2n) is 7.43. The predicted molar refractivity (Wildman–Crippen MR) is 119 cm³/mol. The number of ether oxygens (including phenoxy) is 1. The maximum atomic E-state index is 11.9. The molecule has 1 N–H and O–H groups in total. The zero-order valence-corrected chi connectivity index (χ0v) is 24.9. The average molecular weight is 532 g/mol. The molecule has 8 nitrogen and oxygen atoms in total. The number of benzene rings is 3. The molecule has 0 aromatic heterocycles. The van der Waals surface area contributed by atoms with Crippen molar-refractivity contribution >= 4 is 32.4 Å². The summed E-state index contributed by atoms with van der Waals surface area (Å²) < 4.78 is 75.7. The van der Waals surface area contributed by atoms with Crippen molar-refractivity contribution in [3.8, 4) is 5.75 Å². The van der Waals surface area contributed by atoms with Crippen LogP contribution in [0.25, 0.3) is 12.2 Å². The summed E-state index contributed by atoms with van der Waals surface area (Å²) in [6, 6.07) is 15.4. The molecule has 1 aliphatic rings. The van der Waals surface area contributed by atoms with E-state index in [0.29, 0.717) is 0 Å². The van der Waals surface area contributed by atoms with Crippen molar-refractivity contribution in [2.24, 2.45) is 0 Å². The Labute approximate surface area is 248 Å². The summed E-state index contributed by atoms with van der Waals surface area (Å²) in [4.78, 5) is -0.962. The quantitative estimate of drug-likeness (QED) is 0.192. The summed E-state index contributed by atoms with van der Waals surface area (Å²) in [5, 5.41) is 3.26. The number of fused-ring (bicyclic) bond motifs is 1. The Hall–Kier alpha value is -1.02. The molecule has 3 aromatic rings. The first-order chi connectivity index (χ1) is 15.6. The van der Waals surface area contributed by atoms with Gasteiger partial charge in [-0.3, -0.25) is 0 Å². The number of hydrogen-bond acceptors (Lipinski definition) is 8. The van der Waals surface area contributed by atoms with Gasteiger partial charge in [0.15, 0.2) is 0 Å². The van der Waals surface area contributed by atoms with E-state index in [1.54, 1.807) is 0 Å². The molecule has 12 heteroatoms. The van der Waals surface area contributed by atoms with Gasteiger partial charge in [-0.1, -0.05) is 54.6 Å².